The maximum atomic E-state index is 14.1. The van der Waals surface area contributed by atoms with Crippen LogP contribution in [0.5, 0.6) is 0 Å². The molecule has 3 aliphatic heterocycles. The first-order valence-corrected chi connectivity index (χ1v) is 16.2. The third-order valence-electron chi connectivity index (χ3n) is 9.99. The summed E-state index contributed by atoms with van der Waals surface area (Å²) in [5.41, 5.74) is 4.41. The summed E-state index contributed by atoms with van der Waals surface area (Å²) in [6, 6.07) is 17.7. The number of piperidine rings is 1. The Labute approximate surface area is 256 Å². The maximum absolute atomic E-state index is 14.1. The summed E-state index contributed by atoms with van der Waals surface area (Å²) in [5.74, 6) is 0.881. The van der Waals surface area contributed by atoms with Gasteiger partial charge in [0.25, 0.3) is 5.56 Å². The predicted molar refractivity (Wildman–Crippen MR) is 175 cm³/mol. The van der Waals surface area contributed by atoms with Crippen LogP contribution in [0.15, 0.2) is 65.6 Å². The molecule has 0 aliphatic carbocycles. The largest absolute Gasteiger partial charge is 0.384 e. The van der Waals surface area contributed by atoms with Crippen LogP contribution in [-0.4, -0.2) is 77.9 Å². The number of methoxy groups -OCH3 is 1. The first kappa shape index (κ1) is 29.9. The van der Waals surface area contributed by atoms with E-state index in [1.807, 2.05) is 11.7 Å². The SMILES string of the molecule is C=C1CN(C(CCC)c2nc3ccc(N4CCC(c5ccccc5)(N5CC(OC)C5)CC4)cc3c(=O)n2CC)C[C@@H](C)N1. The van der Waals surface area contributed by atoms with Crippen molar-refractivity contribution in [1.29, 1.82) is 0 Å². The molecule has 0 radical (unpaired) electrons. The van der Waals surface area contributed by atoms with Crippen molar-refractivity contribution < 1.29 is 4.74 Å². The lowest BCUT2D eigenvalue weighted by molar-refractivity contribution is -0.0969. The van der Waals surface area contributed by atoms with Gasteiger partial charge in [0.15, 0.2) is 0 Å². The van der Waals surface area contributed by atoms with E-state index in [0.29, 0.717) is 24.1 Å². The fourth-order valence-corrected chi connectivity index (χ4v) is 7.68. The Morgan fingerprint density at radius 2 is 1.84 bits per heavy atom. The average Bonchev–Trinajstić information content (AvgIpc) is 2.99. The van der Waals surface area contributed by atoms with E-state index in [0.717, 1.165) is 87.7 Å². The summed E-state index contributed by atoms with van der Waals surface area (Å²) >= 11 is 0. The predicted octanol–water partition coefficient (Wildman–Crippen LogP) is 4.89. The molecule has 1 unspecified atom stereocenters. The van der Waals surface area contributed by atoms with Crippen molar-refractivity contribution in [2.45, 2.75) is 76.7 Å². The molecule has 1 aromatic heterocycles. The van der Waals surface area contributed by atoms with Crippen LogP contribution in [0, 0.1) is 0 Å². The van der Waals surface area contributed by atoms with E-state index in [9.17, 15) is 4.79 Å². The summed E-state index contributed by atoms with van der Waals surface area (Å²) in [7, 11) is 1.82. The zero-order valence-corrected chi connectivity index (χ0v) is 26.4. The van der Waals surface area contributed by atoms with E-state index < -0.39 is 0 Å². The number of hydrogen-bond acceptors (Lipinski definition) is 7. The van der Waals surface area contributed by atoms with Gasteiger partial charge in [-0.15, -0.1) is 0 Å². The lowest BCUT2D eigenvalue weighted by Gasteiger charge is -2.55. The molecular formula is C35H48N6O2. The summed E-state index contributed by atoms with van der Waals surface area (Å²) < 4.78 is 7.54. The Bertz CT molecular complexity index is 1490. The van der Waals surface area contributed by atoms with Gasteiger partial charge >= 0.3 is 0 Å². The number of rotatable bonds is 9. The third kappa shape index (κ3) is 5.61. The van der Waals surface area contributed by atoms with Gasteiger partial charge in [-0.05, 0) is 56.9 Å². The number of piperazine rings is 1. The standard InChI is InChI=1S/C35H48N6O2/c1-6-11-32(39-21-25(3)36-26(4)22-39)33-37-31-15-14-28(20-30(31)34(42)41(33)7-2)38-18-16-35(17-19-38,27-12-9-8-10-13-27)40-23-29(24-40)43-5/h8-10,12-15,20,26,29,32,36H,3,6-7,11,16-19,21-24H2,1-2,4-5H3/t26-,32?/m1/s1. The smallest absolute Gasteiger partial charge is 0.261 e. The molecule has 0 saturated carbocycles. The number of aromatic nitrogens is 2. The number of benzene rings is 2. The highest BCUT2D eigenvalue weighted by molar-refractivity contribution is 5.82. The molecule has 8 heteroatoms. The van der Waals surface area contributed by atoms with Crippen molar-refractivity contribution in [3.05, 3.63) is 82.5 Å². The first-order valence-electron chi connectivity index (χ1n) is 16.2. The maximum Gasteiger partial charge on any atom is 0.261 e. The van der Waals surface area contributed by atoms with Gasteiger partial charge in [-0.3, -0.25) is 19.2 Å². The van der Waals surface area contributed by atoms with E-state index in [1.54, 1.807) is 0 Å². The van der Waals surface area contributed by atoms with Crippen molar-refractivity contribution in [3.63, 3.8) is 0 Å². The second-order valence-corrected chi connectivity index (χ2v) is 12.8. The fraction of sp³-hybridized carbons (Fsp3) is 0.543. The molecule has 1 N–H and O–H groups in total. The highest BCUT2D eigenvalue weighted by Crippen LogP contribution is 2.43. The van der Waals surface area contributed by atoms with Gasteiger partial charge in [0.05, 0.1) is 23.0 Å². The Hall–Kier alpha value is -3.20. The second kappa shape index (κ2) is 12.4. The van der Waals surface area contributed by atoms with E-state index in [4.69, 9.17) is 9.72 Å². The van der Waals surface area contributed by atoms with E-state index in [-0.39, 0.29) is 17.1 Å². The molecule has 2 aromatic carbocycles. The molecule has 0 bridgehead atoms. The molecule has 4 heterocycles. The first-order chi connectivity index (χ1) is 20.9. The molecule has 6 rings (SSSR count). The Morgan fingerprint density at radius 1 is 1.09 bits per heavy atom. The van der Waals surface area contributed by atoms with Crippen LogP contribution in [0.3, 0.4) is 0 Å². The van der Waals surface area contributed by atoms with Crippen molar-refractivity contribution in [3.8, 4) is 0 Å². The van der Waals surface area contributed by atoms with Crippen LogP contribution in [0.1, 0.15) is 63.9 Å². The summed E-state index contributed by atoms with van der Waals surface area (Å²) in [6.45, 7) is 16.8. The van der Waals surface area contributed by atoms with Crippen LogP contribution in [0.2, 0.25) is 0 Å². The summed E-state index contributed by atoms with van der Waals surface area (Å²) in [6.07, 6.45) is 4.37. The Morgan fingerprint density at radius 3 is 2.49 bits per heavy atom. The molecule has 3 saturated heterocycles. The van der Waals surface area contributed by atoms with Gasteiger partial charge < -0.3 is 15.0 Å². The molecule has 43 heavy (non-hydrogen) atoms. The van der Waals surface area contributed by atoms with Crippen molar-refractivity contribution in [1.82, 2.24) is 24.7 Å². The zero-order valence-electron chi connectivity index (χ0n) is 26.4. The molecule has 3 fully saturated rings. The molecule has 0 amide bonds. The van der Waals surface area contributed by atoms with Crippen LogP contribution in [0.25, 0.3) is 10.9 Å². The lowest BCUT2D eigenvalue weighted by Crippen LogP contribution is -2.63. The topological polar surface area (TPSA) is 65.9 Å². The fourth-order valence-electron chi connectivity index (χ4n) is 7.68. The highest BCUT2D eigenvalue weighted by Gasteiger charge is 2.46. The van der Waals surface area contributed by atoms with E-state index in [1.165, 1.54) is 5.56 Å². The minimum absolute atomic E-state index is 0.0239. The van der Waals surface area contributed by atoms with Crippen LogP contribution in [0.4, 0.5) is 5.69 Å². The van der Waals surface area contributed by atoms with Crippen LogP contribution < -0.4 is 15.8 Å². The monoisotopic (exact) mass is 584 g/mol. The minimum Gasteiger partial charge on any atom is -0.384 e. The average molecular weight is 585 g/mol. The summed E-state index contributed by atoms with van der Waals surface area (Å²) in [4.78, 5) is 26.8. The van der Waals surface area contributed by atoms with Crippen LogP contribution in [-0.2, 0) is 16.8 Å². The minimum atomic E-state index is 0.0239. The summed E-state index contributed by atoms with van der Waals surface area (Å²) in [5, 5.41) is 4.17. The quantitative estimate of drug-likeness (QED) is 0.384. The molecule has 230 valence electrons. The molecule has 8 nitrogen and oxygen atoms in total. The van der Waals surface area contributed by atoms with Gasteiger partial charge in [-0.2, -0.15) is 0 Å². The van der Waals surface area contributed by atoms with Gasteiger partial charge in [0.1, 0.15) is 5.82 Å². The second-order valence-electron chi connectivity index (χ2n) is 12.8. The molecule has 3 aromatic rings. The third-order valence-corrected chi connectivity index (χ3v) is 9.99. The van der Waals surface area contributed by atoms with Crippen molar-refractivity contribution in [2.24, 2.45) is 0 Å². The number of ether oxygens (including phenoxy) is 1. The number of likely N-dealkylation sites (tertiary alicyclic amines) is 1. The number of nitrogens with one attached hydrogen (secondary N) is 1. The van der Waals surface area contributed by atoms with E-state index in [2.05, 4.69) is 95.9 Å². The van der Waals surface area contributed by atoms with Crippen LogP contribution >= 0.6 is 0 Å². The Balaban J connectivity index is 1.28. The molecule has 2 atom stereocenters. The van der Waals surface area contributed by atoms with Crippen molar-refractivity contribution in [2.75, 3.05) is 51.3 Å². The van der Waals surface area contributed by atoms with E-state index >= 15 is 0 Å². The molecular weight excluding hydrogens is 536 g/mol. The molecule has 3 aliphatic rings. The van der Waals surface area contributed by atoms with Gasteiger partial charge in [-0.1, -0.05) is 50.3 Å². The lowest BCUT2D eigenvalue weighted by atomic mass is 9.77. The van der Waals surface area contributed by atoms with Gasteiger partial charge in [-0.25, -0.2) is 4.98 Å². The van der Waals surface area contributed by atoms with Crippen molar-refractivity contribution >= 4 is 16.6 Å². The number of hydrogen-bond donors (Lipinski definition) is 1. The van der Waals surface area contributed by atoms with Gasteiger partial charge in [0, 0.05) is 75.9 Å². The Kier molecular flexibility index (Phi) is 8.63. The number of nitrogens with zero attached hydrogens (tertiary/aromatic N) is 5. The normalized spacial score (nSPS) is 22.4. The number of anilines is 1. The molecule has 0 spiro atoms. The number of fused-ring (bicyclic) bond motifs is 1. The zero-order chi connectivity index (χ0) is 30.1. The highest BCUT2D eigenvalue weighted by atomic mass is 16.5. The van der Waals surface area contributed by atoms with Gasteiger partial charge in [0.2, 0.25) is 0 Å².